The number of allylic oxidation sites excluding steroid dienone is 2. The Balaban J connectivity index is 1.54. The Morgan fingerprint density at radius 3 is 2.46 bits per heavy atom. The van der Waals surface area contributed by atoms with Crippen LogP contribution in [-0.4, -0.2) is 72.7 Å². The molecule has 4 unspecified atom stereocenters. The molecule has 20 heteroatoms. The minimum Gasteiger partial charge on any atom is -0.397 e. The van der Waals surface area contributed by atoms with E-state index < -0.39 is 99.8 Å². The molecular weight excluding hydrogens is 874 g/mol. The molecule has 2 aliphatic carbocycles. The van der Waals surface area contributed by atoms with Crippen molar-refractivity contribution in [3.63, 3.8) is 0 Å². The lowest BCUT2D eigenvalue weighted by molar-refractivity contribution is -0.120. The van der Waals surface area contributed by atoms with E-state index in [2.05, 4.69) is 32.0 Å². The smallest absolute Gasteiger partial charge is 0.292 e. The molecule has 2 fully saturated rings. The highest BCUT2D eigenvalue weighted by Crippen LogP contribution is 2.62. The highest BCUT2D eigenvalue weighted by atomic mass is 35.5. The number of nitrogens with two attached hydrogens (primary N) is 1. The zero-order chi connectivity index (χ0) is 44.6. The van der Waals surface area contributed by atoms with Crippen LogP contribution in [-0.2, 0) is 28.6 Å². The molecule has 4 N–H and O–H groups in total. The number of carbonyl (C=O) groups excluding carboxylic acids is 1. The lowest BCUT2D eigenvalue weighted by Gasteiger charge is -2.23. The van der Waals surface area contributed by atoms with Gasteiger partial charge in [-0.05, 0) is 80.8 Å². The van der Waals surface area contributed by atoms with E-state index >= 15 is 8.78 Å². The number of alkyl halides is 6. The van der Waals surface area contributed by atoms with Crippen LogP contribution >= 0.6 is 23.5 Å². The van der Waals surface area contributed by atoms with Crippen LogP contribution in [0.5, 0.6) is 0 Å². The molecule has 0 saturated heterocycles. The molecular formula is C41H40ClF8N7O2S2. The van der Waals surface area contributed by atoms with Crippen LogP contribution in [0, 0.1) is 35.3 Å². The zero-order valence-corrected chi connectivity index (χ0v) is 35.5. The lowest BCUT2D eigenvalue weighted by Crippen LogP contribution is -2.35. The zero-order valence-electron chi connectivity index (χ0n) is 33.1. The van der Waals surface area contributed by atoms with E-state index in [1.54, 1.807) is 13.8 Å². The molecule has 2 aliphatic rings. The van der Waals surface area contributed by atoms with Crippen molar-refractivity contribution in [3.05, 3.63) is 87.3 Å². The summed E-state index contributed by atoms with van der Waals surface area (Å²) in [4.78, 5) is 22.4. The monoisotopic (exact) mass is 913 g/mol. The van der Waals surface area contributed by atoms with Crippen LogP contribution in [0.25, 0.3) is 22.0 Å². The van der Waals surface area contributed by atoms with Gasteiger partial charge in [-0.25, -0.2) is 31.3 Å². The molecule has 0 spiro atoms. The number of aliphatic imine (C=N–C) groups is 1. The summed E-state index contributed by atoms with van der Waals surface area (Å²) in [5.74, 6) is -2.19. The molecule has 4 aromatic rings. The van der Waals surface area contributed by atoms with Crippen molar-refractivity contribution in [2.75, 3.05) is 23.3 Å². The van der Waals surface area contributed by atoms with Gasteiger partial charge in [0.1, 0.15) is 40.9 Å². The first-order valence-corrected chi connectivity index (χ1v) is 21.8. The fraction of sp³-hybridized carbons (Fsp3) is 0.415. The summed E-state index contributed by atoms with van der Waals surface area (Å²) in [6, 6.07) is 7.33. The molecule has 0 radical (unpaired) electrons. The molecule has 0 aliphatic heterocycles. The normalized spacial score (nSPS) is 19.5. The Bertz CT molecular complexity index is 2480. The number of anilines is 1. The Kier molecular flexibility index (Phi) is 13.8. The Morgan fingerprint density at radius 1 is 1.13 bits per heavy atom. The number of rotatable bonds is 15. The third-order valence-electron chi connectivity index (χ3n) is 10.2. The number of hydrogen-bond acceptors (Lipinski definition) is 8. The number of nitrogens with one attached hydrogen (secondary N) is 2. The van der Waals surface area contributed by atoms with Gasteiger partial charge >= 0.3 is 0 Å². The van der Waals surface area contributed by atoms with Crippen molar-refractivity contribution in [1.29, 1.82) is 0 Å². The van der Waals surface area contributed by atoms with E-state index in [1.165, 1.54) is 42.5 Å². The fourth-order valence-electron chi connectivity index (χ4n) is 7.05. The second kappa shape index (κ2) is 18.4. The molecule has 326 valence electrons. The van der Waals surface area contributed by atoms with E-state index in [4.69, 9.17) is 22.3 Å². The van der Waals surface area contributed by atoms with Crippen LogP contribution in [0.2, 0.25) is 5.02 Å². The van der Waals surface area contributed by atoms with Crippen LogP contribution in [0.4, 0.5) is 40.9 Å². The molecule has 2 aromatic carbocycles. The van der Waals surface area contributed by atoms with Crippen molar-refractivity contribution in [2.45, 2.75) is 76.1 Å². The second-order valence-electron chi connectivity index (χ2n) is 15.0. The van der Waals surface area contributed by atoms with E-state index in [0.717, 1.165) is 23.2 Å². The number of halogens is 9. The van der Waals surface area contributed by atoms with Gasteiger partial charge in [0.2, 0.25) is 5.91 Å². The first-order chi connectivity index (χ1) is 28.7. The number of fused-ring (bicyclic) bond motifs is 2. The van der Waals surface area contributed by atoms with Crippen LogP contribution in [0.15, 0.2) is 58.7 Å². The third kappa shape index (κ3) is 10.0. The number of pyridine rings is 1. The van der Waals surface area contributed by atoms with E-state index in [-0.39, 0.29) is 62.7 Å². The summed E-state index contributed by atoms with van der Waals surface area (Å²) in [7, 11) is -1.42. The number of hydrogen-bond donors (Lipinski definition) is 3. The van der Waals surface area contributed by atoms with Gasteiger partial charge in [-0.3, -0.25) is 18.7 Å². The Labute approximate surface area is 358 Å². The van der Waals surface area contributed by atoms with Gasteiger partial charge in [0.05, 0.1) is 33.4 Å². The maximum Gasteiger partial charge on any atom is 0.292 e. The van der Waals surface area contributed by atoms with Crippen LogP contribution in [0.3, 0.4) is 0 Å². The predicted molar refractivity (Wildman–Crippen MR) is 222 cm³/mol. The standard InChI is InChI=1S/C41H40ClF8N7O2S2/c1-5-12-60-56-39-33-28(42)9-8-25(36(33)57(55-39)19-30(45)46)24-7-6-23(10-11-40(2,3)61(4)59)53-35(24)29(15-20-13-21(43)16-22(44)14-20)54-31(58)18-52-37-32(34(51)38(47)48)26-17-27(26)41(37,49)50/h6-9,13-14,16,26-27,29-30,38H,5,12,15,17-19,51H2,1-4H3,(H,54,58)(H,55,56)/b34-32-,52-37?. The maximum atomic E-state index is 15.3. The van der Waals surface area contributed by atoms with Gasteiger partial charge in [0, 0.05) is 51.5 Å². The minimum atomic E-state index is -3.64. The average molecular weight is 914 g/mol. The largest absolute Gasteiger partial charge is 0.397 e. The SMILES string of the molecule is CCCSNc1nn(CC(F)F)c2c(-c3ccc(C#CC(C)(C)S(C)=O)nc3C(Cc3cc(F)cc(F)c3)NC(=O)CN=C3/C(=C(\N)C(F)F)C4CC4C3(F)F)ccc(Cl)c12. The number of amides is 1. The van der Waals surface area contributed by atoms with Gasteiger partial charge in [0.25, 0.3) is 18.8 Å². The van der Waals surface area contributed by atoms with Crippen LogP contribution in [0.1, 0.15) is 56.6 Å². The van der Waals surface area contributed by atoms with Crippen molar-refractivity contribution in [3.8, 4) is 23.0 Å². The molecule has 2 aromatic heterocycles. The van der Waals surface area contributed by atoms with Crippen molar-refractivity contribution >= 4 is 62.7 Å². The summed E-state index contributed by atoms with van der Waals surface area (Å²) in [5, 5.41) is 7.51. The molecule has 1 amide bonds. The summed E-state index contributed by atoms with van der Waals surface area (Å²) in [6.07, 6.45) is -4.32. The Morgan fingerprint density at radius 2 is 1.82 bits per heavy atom. The molecule has 4 atom stereocenters. The summed E-state index contributed by atoms with van der Waals surface area (Å²) in [6.45, 7) is 3.37. The topological polar surface area (TPSA) is 127 Å². The first kappa shape index (κ1) is 45.8. The molecule has 61 heavy (non-hydrogen) atoms. The lowest BCUT2D eigenvalue weighted by atomic mass is 9.93. The van der Waals surface area contributed by atoms with Crippen LogP contribution < -0.4 is 15.8 Å². The van der Waals surface area contributed by atoms with Gasteiger partial charge in [-0.15, -0.1) is 0 Å². The molecule has 0 bridgehead atoms. The summed E-state index contributed by atoms with van der Waals surface area (Å²) >= 11 is 7.98. The van der Waals surface area contributed by atoms with Gasteiger partial charge in [0.15, 0.2) is 5.82 Å². The minimum absolute atomic E-state index is 0.0154. The summed E-state index contributed by atoms with van der Waals surface area (Å²) < 4.78 is 131. The van der Waals surface area contributed by atoms with E-state index in [1.807, 2.05) is 6.92 Å². The molecule has 2 saturated carbocycles. The molecule has 6 rings (SSSR count). The van der Waals surface area contributed by atoms with Gasteiger partial charge < -0.3 is 15.8 Å². The highest BCUT2D eigenvalue weighted by Gasteiger charge is 2.67. The quantitative estimate of drug-likeness (QED) is 0.0471. The third-order valence-corrected chi connectivity index (χ3v) is 13.0. The van der Waals surface area contributed by atoms with E-state index in [9.17, 15) is 35.3 Å². The van der Waals surface area contributed by atoms with Crippen molar-refractivity contribution in [1.82, 2.24) is 20.1 Å². The maximum absolute atomic E-state index is 15.3. The molecule has 2 heterocycles. The highest BCUT2D eigenvalue weighted by molar-refractivity contribution is 8.00. The number of aromatic nitrogens is 3. The number of benzene rings is 2. The fourth-order valence-corrected chi connectivity index (χ4v) is 8.08. The first-order valence-electron chi connectivity index (χ1n) is 18.9. The van der Waals surface area contributed by atoms with Crippen molar-refractivity contribution in [2.24, 2.45) is 22.6 Å². The second-order valence-corrected chi connectivity index (χ2v) is 18.3. The van der Waals surface area contributed by atoms with Crippen molar-refractivity contribution < 1.29 is 44.1 Å². The molecule has 9 nitrogen and oxygen atoms in total. The van der Waals surface area contributed by atoms with Gasteiger partial charge in [-0.1, -0.05) is 42.5 Å². The van der Waals surface area contributed by atoms with Gasteiger partial charge in [-0.2, -0.15) is 13.9 Å². The Hall–Kier alpha value is -4.67. The number of carbonyl (C=O) groups is 1. The predicted octanol–water partition coefficient (Wildman–Crippen LogP) is 8.88. The average Bonchev–Trinajstić information content (AvgIpc) is 3.85. The van der Waals surface area contributed by atoms with E-state index in [0.29, 0.717) is 11.8 Å². The summed E-state index contributed by atoms with van der Waals surface area (Å²) in [5.41, 5.74) is 3.63. The number of nitrogens with zero attached hydrogens (tertiary/aromatic N) is 4.